The van der Waals surface area contributed by atoms with Crippen LogP contribution in [0.15, 0.2) is 48.5 Å². The van der Waals surface area contributed by atoms with Crippen molar-refractivity contribution in [3.8, 4) is 5.75 Å². The van der Waals surface area contributed by atoms with Gasteiger partial charge in [0.2, 0.25) is 0 Å². The third kappa shape index (κ3) is 4.59. The molecule has 2 atom stereocenters. The maximum absolute atomic E-state index is 11.1. The number of methoxy groups -OCH3 is 1. The Morgan fingerprint density at radius 3 is 2.50 bits per heavy atom. The van der Waals surface area contributed by atoms with Crippen LogP contribution in [0.2, 0.25) is 0 Å². The molecule has 0 bridgehead atoms. The number of carbonyl (C=O) groups is 1. The zero-order chi connectivity index (χ0) is 17.5. The van der Waals surface area contributed by atoms with Gasteiger partial charge >= 0.3 is 5.97 Å². The number of carboxylic acid groups (broad SMARTS) is 1. The third-order valence-electron chi connectivity index (χ3n) is 4.29. The number of hydrogen-bond donors (Lipinski definition) is 2. The number of aryl methyl sites for hydroxylation is 1. The fourth-order valence-corrected chi connectivity index (χ4v) is 2.92. The lowest BCUT2D eigenvalue weighted by Gasteiger charge is -2.22. The molecule has 4 heteroatoms. The summed E-state index contributed by atoms with van der Waals surface area (Å²) in [5, 5.41) is 9.11. The standard InChI is InChI=1S/C12H14O3.C8H11N/c1-15-9-6-5-8-3-2-4-10(12(13)14)11(8)7-9;1-7(9)8-5-3-2-4-6-8/h5-7,10H,2-4H2,1H3,(H,13,14);2-7H,9H2,1H3/t10-;/m0./s1. The largest absolute Gasteiger partial charge is 0.497 e. The van der Waals surface area contributed by atoms with Gasteiger partial charge in [0.05, 0.1) is 13.0 Å². The van der Waals surface area contributed by atoms with Crippen LogP contribution in [0.3, 0.4) is 0 Å². The highest BCUT2D eigenvalue weighted by Crippen LogP contribution is 2.34. The molecule has 0 heterocycles. The zero-order valence-electron chi connectivity index (χ0n) is 14.2. The second-order valence-corrected chi connectivity index (χ2v) is 6.05. The Kier molecular flexibility index (Phi) is 6.38. The number of hydrogen-bond acceptors (Lipinski definition) is 3. The molecule has 3 N–H and O–H groups in total. The molecule has 0 amide bonds. The Labute approximate surface area is 143 Å². The maximum atomic E-state index is 11.1. The third-order valence-corrected chi connectivity index (χ3v) is 4.29. The fourth-order valence-electron chi connectivity index (χ4n) is 2.92. The number of benzene rings is 2. The molecule has 4 nitrogen and oxygen atoms in total. The summed E-state index contributed by atoms with van der Waals surface area (Å²) in [5.41, 5.74) is 8.88. The monoisotopic (exact) mass is 327 g/mol. The molecule has 2 aromatic carbocycles. The highest BCUT2D eigenvalue weighted by Gasteiger charge is 2.26. The van der Waals surface area contributed by atoms with Crippen molar-refractivity contribution in [3.05, 3.63) is 65.2 Å². The predicted octanol–water partition coefficient (Wildman–Crippen LogP) is 3.91. The van der Waals surface area contributed by atoms with Crippen molar-refractivity contribution < 1.29 is 14.6 Å². The van der Waals surface area contributed by atoms with Crippen LogP contribution in [0.25, 0.3) is 0 Å². The van der Waals surface area contributed by atoms with E-state index in [1.54, 1.807) is 7.11 Å². The van der Waals surface area contributed by atoms with Crippen molar-refractivity contribution in [3.63, 3.8) is 0 Å². The van der Waals surface area contributed by atoms with E-state index in [1.165, 1.54) is 5.56 Å². The van der Waals surface area contributed by atoms with E-state index in [-0.39, 0.29) is 12.0 Å². The van der Waals surface area contributed by atoms with E-state index in [2.05, 4.69) is 0 Å². The molecular formula is C20H25NO3. The zero-order valence-corrected chi connectivity index (χ0v) is 14.2. The van der Waals surface area contributed by atoms with E-state index in [0.717, 1.165) is 36.1 Å². The van der Waals surface area contributed by atoms with Gasteiger partial charge in [0.25, 0.3) is 0 Å². The van der Waals surface area contributed by atoms with Crippen molar-refractivity contribution in [2.24, 2.45) is 5.73 Å². The van der Waals surface area contributed by atoms with E-state index in [1.807, 2.05) is 55.5 Å². The lowest BCUT2D eigenvalue weighted by molar-refractivity contribution is -0.139. The molecule has 1 aliphatic rings. The number of carboxylic acids is 1. The first kappa shape index (κ1) is 18.0. The lowest BCUT2D eigenvalue weighted by atomic mass is 9.83. The Morgan fingerprint density at radius 1 is 1.25 bits per heavy atom. The molecule has 0 aliphatic heterocycles. The topological polar surface area (TPSA) is 72.5 Å². The molecule has 2 aromatic rings. The number of fused-ring (bicyclic) bond motifs is 1. The van der Waals surface area contributed by atoms with Gasteiger partial charge < -0.3 is 15.6 Å². The van der Waals surface area contributed by atoms with Gasteiger partial charge in [-0.25, -0.2) is 0 Å². The van der Waals surface area contributed by atoms with E-state index >= 15 is 0 Å². The second-order valence-electron chi connectivity index (χ2n) is 6.05. The minimum atomic E-state index is -0.732. The molecule has 24 heavy (non-hydrogen) atoms. The first-order valence-electron chi connectivity index (χ1n) is 8.23. The maximum Gasteiger partial charge on any atom is 0.310 e. The minimum absolute atomic E-state index is 0.159. The molecule has 0 saturated heterocycles. The predicted molar refractivity (Wildman–Crippen MR) is 95.4 cm³/mol. The Hall–Kier alpha value is -2.33. The van der Waals surface area contributed by atoms with Crippen molar-refractivity contribution in [1.29, 1.82) is 0 Å². The van der Waals surface area contributed by atoms with Crippen LogP contribution in [0.5, 0.6) is 5.75 Å². The summed E-state index contributed by atoms with van der Waals surface area (Å²) in [5.74, 6) is -0.352. The summed E-state index contributed by atoms with van der Waals surface area (Å²) in [6.07, 6.45) is 2.66. The number of ether oxygens (including phenoxy) is 1. The van der Waals surface area contributed by atoms with Gasteiger partial charge in [0.15, 0.2) is 0 Å². The molecular weight excluding hydrogens is 302 g/mol. The molecule has 1 unspecified atom stereocenters. The Balaban J connectivity index is 0.000000198. The summed E-state index contributed by atoms with van der Waals surface area (Å²) in [7, 11) is 1.60. The number of rotatable bonds is 3. The Morgan fingerprint density at radius 2 is 1.96 bits per heavy atom. The highest BCUT2D eigenvalue weighted by molar-refractivity contribution is 5.77. The van der Waals surface area contributed by atoms with Crippen molar-refractivity contribution in [2.75, 3.05) is 7.11 Å². The lowest BCUT2D eigenvalue weighted by Crippen LogP contribution is -2.17. The van der Waals surface area contributed by atoms with E-state index < -0.39 is 5.97 Å². The van der Waals surface area contributed by atoms with Gasteiger partial charge in [-0.15, -0.1) is 0 Å². The first-order valence-corrected chi connectivity index (χ1v) is 8.23. The second kappa shape index (κ2) is 8.50. The van der Waals surface area contributed by atoms with Crippen LogP contribution < -0.4 is 10.5 Å². The van der Waals surface area contributed by atoms with Gasteiger partial charge in [-0.05, 0) is 55.0 Å². The van der Waals surface area contributed by atoms with Crippen LogP contribution in [-0.4, -0.2) is 18.2 Å². The number of aliphatic carboxylic acids is 1. The molecule has 0 fully saturated rings. The van der Waals surface area contributed by atoms with Crippen LogP contribution in [0, 0.1) is 0 Å². The molecule has 0 radical (unpaired) electrons. The summed E-state index contributed by atoms with van der Waals surface area (Å²) >= 11 is 0. The first-order chi connectivity index (χ1) is 11.5. The average molecular weight is 327 g/mol. The van der Waals surface area contributed by atoms with E-state index in [9.17, 15) is 4.79 Å². The molecule has 0 spiro atoms. The molecule has 1 aliphatic carbocycles. The van der Waals surface area contributed by atoms with E-state index in [0.29, 0.717) is 0 Å². The summed E-state index contributed by atoms with van der Waals surface area (Å²) in [6.45, 7) is 1.98. The molecule has 128 valence electrons. The molecule has 3 rings (SSSR count). The van der Waals surface area contributed by atoms with Crippen LogP contribution in [0.4, 0.5) is 0 Å². The molecule has 0 saturated carbocycles. The normalized spacial score (nSPS) is 17.0. The van der Waals surface area contributed by atoms with E-state index in [4.69, 9.17) is 15.6 Å². The van der Waals surface area contributed by atoms with Crippen molar-refractivity contribution in [1.82, 2.24) is 0 Å². The van der Waals surface area contributed by atoms with Gasteiger partial charge in [-0.2, -0.15) is 0 Å². The van der Waals surface area contributed by atoms with Gasteiger partial charge in [-0.1, -0.05) is 36.4 Å². The minimum Gasteiger partial charge on any atom is -0.497 e. The van der Waals surface area contributed by atoms with Gasteiger partial charge in [0, 0.05) is 6.04 Å². The summed E-state index contributed by atoms with van der Waals surface area (Å²) in [6, 6.07) is 15.9. The fraction of sp³-hybridized carbons (Fsp3) is 0.350. The van der Waals surface area contributed by atoms with Crippen LogP contribution in [0.1, 0.15) is 48.4 Å². The van der Waals surface area contributed by atoms with Crippen molar-refractivity contribution in [2.45, 2.75) is 38.1 Å². The van der Waals surface area contributed by atoms with Crippen LogP contribution >= 0.6 is 0 Å². The van der Waals surface area contributed by atoms with Crippen molar-refractivity contribution >= 4 is 5.97 Å². The quantitative estimate of drug-likeness (QED) is 0.896. The number of nitrogens with two attached hydrogens (primary N) is 1. The van der Waals surface area contributed by atoms with Crippen LogP contribution in [-0.2, 0) is 11.2 Å². The Bertz CT molecular complexity index is 668. The smallest absolute Gasteiger partial charge is 0.310 e. The highest BCUT2D eigenvalue weighted by atomic mass is 16.5. The average Bonchev–Trinajstić information content (AvgIpc) is 2.61. The van der Waals surface area contributed by atoms with Gasteiger partial charge in [-0.3, -0.25) is 4.79 Å². The summed E-state index contributed by atoms with van der Waals surface area (Å²) in [4.78, 5) is 11.1. The summed E-state index contributed by atoms with van der Waals surface area (Å²) < 4.78 is 5.12. The SMILES string of the molecule is CC(N)c1ccccc1.COc1ccc2c(c1)[C@@H](C(=O)O)CCC2. The molecule has 0 aromatic heterocycles. The van der Waals surface area contributed by atoms with Gasteiger partial charge in [0.1, 0.15) is 5.75 Å².